The van der Waals surface area contributed by atoms with Crippen molar-refractivity contribution in [1.82, 2.24) is 10.3 Å². The van der Waals surface area contributed by atoms with Gasteiger partial charge >= 0.3 is 0 Å². The van der Waals surface area contributed by atoms with Gasteiger partial charge in [0.25, 0.3) is 0 Å². The number of hydrogen-bond donors (Lipinski definition) is 2. The van der Waals surface area contributed by atoms with Crippen molar-refractivity contribution < 1.29 is 0 Å². The van der Waals surface area contributed by atoms with Gasteiger partial charge in [0.2, 0.25) is 0 Å². The second kappa shape index (κ2) is 2.61. The second-order valence-electron chi connectivity index (χ2n) is 4.35. The van der Waals surface area contributed by atoms with E-state index in [1.165, 1.54) is 30.5 Å². The van der Waals surface area contributed by atoms with E-state index in [2.05, 4.69) is 23.4 Å². The monoisotopic (exact) mass is 176 g/mol. The molecule has 1 aromatic heterocycles. The molecule has 0 saturated heterocycles. The van der Waals surface area contributed by atoms with Crippen LogP contribution in [0.3, 0.4) is 0 Å². The molecular weight excluding hydrogens is 160 g/mol. The molecule has 2 nitrogen and oxygen atoms in total. The predicted octanol–water partition coefficient (Wildman–Crippen LogP) is 2.13. The average Bonchev–Trinajstić information content (AvgIpc) is 2.74. The minimum Gasteiger partial charge on any atom is -0.364 e. The Morgan fingerprint density at radius 1 is 1.54 bits per heavy atom. The molecule has 0 amide bonds. The summed E-state index contributed by atoms with van der Waals surface area (Å²) in [6.45, 7) is 3.38. The average molecular weight is 176 g/mol. The van der Waals surface area contributed by atoms with Crippen LogP contribution in [0.25, 0.3) is 0 Å². The molecule has 0 fully saturated rings. The Morgan fingerprint density at radius 2 is 2.46 bits per heavy atom. The molecule has 0 spiro atoms. The zero-order valence-electron chi connectivity index (χ0n) is 8.06. The van der Waals surface area contributed by atoms with Crippen LogP contribution < -0.4 is 5.32 Å². The number of rotatable bonds is 1. The summed E-state index contributed by atoms with van der Waals surface area (Å²) in [4.78, 5) is 3.43. The van der Waals surface area contributed by atoms with E-state index in [4.69, 9.17) is 0 Å². The third kappa shape index (κ3) is 0.983. The highest BCUT2D eigenvalue weighted by atomic mass is 15.0. The zero-order chi connectivity index (χ0) is 8.84. The molecule has 1 aliphatic heterocycles. The summed E-state index contributed by atoms with van der Waals surface area (Å²) in [6, 6.07) is 0.662. The smallest absolute Gasteiger partial charge is 0.0347 e. The van der Waals surface area contributed by atoms with Crippen LogP contribution in [-0.2, 0) is 13.0 Å². The van der Waals surface area contributed by atoms with Crippen LogP contribution in [0.5, 0.6) is 0 Å². The highest BCUT2D eigenvalue weighted by molar-refractivity contribution is 5.39. The van der Waals surface area contributed by atoms with Gasteiger partial charge in [-0.2, -0.15) is 0 Å². The number of aromatic amines is 1. The van der Waals surface area contributed by atoms with Crippen LogP contribution in [0.1, 0.15) is 42.6 Å². The van der Waals surface area contributed by atoms with Gasteiger partial charge in [0, 0.05) is 24.5 Å². The topological polar surface area (TPSA) is 27.8 Å². The summed E-state index contributed by atoms with van der Waals surface area (Å²) in [7, 11) is 0. The molecule has 2 aliphatic rings. The van der Waals surface area contributed by atoms with Gasteiger partial charge in [-0.25, -0.2) is 0 Å². The van der Waals surface area contributed by atoms with E-state index in [1.807, 2.05) is 0 Å². The van der Waals surface area contributed by atoms with Crippen LogP contribution in [-0.4, -0.2) is 4.98 Å². The summed E-state index contributed by atoms with van der Waals surface area (Å²) in [5.41, 5.74) is 4.61. The molecule has 3 rings (SSSR count). The van der Waals surface area contributed by atoms with Crippen LogP contribution in [0, 0.1) is 5.92 Å². The molecule has 0 bridgehead atoms. The molecule has 1 aromatic rings. The van der Waals surface area contributed by atoms with Gasteiger partial charge in [0.05, 0.1) is 0 Å². The highest BCUT2D eigenvalue weighted by Gasteiger charge is 2.32. The van der Waals surface area contributed by atoms with Gasteiger partial charge in [-0.3, -0.25) is 0 Å². The molecule has 2 heterocycles. The van der Waals surface area contributed by atoms with Gasteiger partial charge in [0.15, 0.2) is 0 Å². The number of hydrogen-bond acceptors (Lipinski definition) is 1. The maximum Gasteiger partial charge on any atom is 0.0347 e. The quantitative estimate of drug-likeness (QED) is 0.674. The van der Waals surface area contributed by atoms with Gasteiger partial charge in [-0.1, -0.05) is 13.3 Å². The molecule has 2 heteroatoms. The molecule has 70 valence electrons. The fraction of sp³-hybridized carbons (Fsp3) is 0.636. The summed E-state index contributed by atoms with van der Waals surface area (Å²) < 4.78 is 0. The standard InChI is InChI=1S/C11H16N2/c1-2-7-3-9-11-8(5-12-9)6-13-10(11)4-7/h5,7,10,12-13H,2-4,6H2,1H3. The molecule has 2 atom stereocenters. The first kappa shape index (κ1) is 7.63. The summed E-state index contributed by atoms with van der Waals surface area (Å²) in [6.07, 6.45) is 6.11. The molecule has 1 aliphatic carbocycles. The summed E-state index contributed by atoms with van der Waals surface area (Å²) >= 11 is 0. The van der Waals surface area contributed by atoms with Crippen molar-refractivity contribution in [1.29, 1.82) is 0 Å². The lowest BCUT2D eigenvalue weighted by molar-refractivity contribution is 0.365. The van der Waals surface area contributed by atoms with Crippen molar-refractivity contribution in [3.05, 3.63) is 23.0 Å². The Balaban J connectivity index is 2.02. The molecule has 2 N–H and O–H groups in total. The summed E-state index contributed by atoms with van der Waals surface area (Å²) in [5.74, 6) is 0.884. The normalized spacial score (nSPS) is 30.5. The maximum absolute atomic E-state index is 3.59. The molecular formula is C11H16N2. The van der Waals surface area contributed by atoms with Gasteiger partial charge in [0.1, 0.15) is 0 Å². The van der Waals surface area contributed by atoms with Crippen LogP contribution in [0.2, 0.25) is 0 Å². The van der Waals surface area contributed by atoms with Gasteiger partial charge < -0.3 is 10.3 Å². The lowest BCUT2D eigenvalue weighted by atomic mass is 9.83. The molecule has 13 heavy (non-hydrogen) atoms. The SMILES string of the molecule is CCC1Cc2[nH]cc3c2C(C1)NC3. The number of nitrogens with one attached hydrogen (secondary N) is 2. The van der Waals surface area contributed by atoms with E-state index >= 15 is 0 Å². The van der Waals surface area contributed by atoms with Crippen LogP contribution in [0.15, 0.2) is 6.20 Å². The van der Waals surface area contributed by atoms with Crippen molar-refractivity contribution >= 4 is 0 Å². The van der Waals surface area contributed by atoms with Crippen LogP contribution >= 0.6 is 0 Å². The first-order valence-electron chi connectivity index (χ1n) is 5.31. The first-order chi connectivity index (χ1) is 6.38. The third-order valence-corrected chi connectivity index (χ3v) is 3.62. The second-order valence-corrected chi connectivity index (χ2v) is 4.35. The van der Waals surface area contributed by atoms with Crippen molar-refractivity contribution in [2.24, 2.45) is 5.92 Å². The third-order valence-electron chi connectivity index (χ3n) is 3.62. The largest absolute Gasteiger partial charge is 0.364 e. The molecule has 0 radical (unpaired) electrons. The lowest BCUT2D eigenvalue weighted by Crippen LogP contribution is -2.23. The van der Waals surface area contributed by atoms with Crippen molar-refractivity contribution in [2.45, 2.75) is 38.8 Å². The van der Waals surface area contributed by atoms with Gasteiger partial charge in [-0.15, -0.1) is 0 Å². The van der Waals surface area contributed by atoms with Crippen molar-refractivity contribution in [3.8, 4) is 0 Å². The Hall–Kier alpha value is -0.760. The maximum atomic E-state index is 3.59. The van der Waals surface area contributed by atoms with E-state index < -0.39 is 0 Å². The molecule has 0 saturated carbocycles. The minimum absolute atomic E-state index is 0.662. The van der Waals surface area contributed by atoms with Crippen LogP contribution in [0.4, 0.5) is 0 Å². The predicted molar refractivity (Wildman–Crippen MR) is 52.5 cm³/mol. The first-order valence-corrected chi connectivity index (χ1v) is 5.31. The molecule has 0 aromatic carbocycles. The number of H-pyrrole nitrogens is 1. The molecule has 2 unspecified atom stereocenters. The van der Waals surface area contributed by atoms with E-state index in [0.29, 0.717) is 6.04 Å². The lowest BCUT2D eigenvalue weighted by Gasteiger charge is -2.26. The number of aromatic nitrogens is 1. The highest BCUT2D eigenvalue weighted by Crippen LogP contribution is 2.39. The Bertz CT molecular complexity index is 327. The van der Waals surface area contributed by atoms with Crippen molar-refractivity contribution in [3.63, 3.8) is 0 Å². The minimum atomic E-state index is 0.662. The van der Waals surface area contributed by atoms with Gasteiger partial charge in [-0.05, 0) is 29.9 Å². The fourth-order valence-electron chi connectivity index (χ4n) is 2.83. The summed E-state index contributed by atoms with van der Waals surface area (Å²) in [5, 5.41) is 3.59. The van der Waals surface area contributed by atoms with E-state index in [0.717, 1.165) is 12.5 Å². The van der Waals surface area contributed by atoms with E-state index in [9.17, 15) is 0 Å². The van der Waals surface area contributed by atoms with E-state index in [-0.39, 0.29) is 0 Å². The zero-order valence-corrected chi connectivity index (χ0v) is 8.06. The fourth-order valence-corrected chi connectivity index (χ4v) is 2.83. The van der Waals surface area contributed by atoms with E-state index in [1.54, 1.807) is 5.56 Å². The Kier molecular flexibility index (Phi) is 1.53. The Morgan fingerprint density at radius 3 is 3.31 bits per heavy atom. The van der Waals surface area contributed by atoms with Crippen molar-refractivity contribution in [2.75, 3.05) is 0 Å². The Labute approximate surface area is 78.7 Å².